The second-order valence-corrected chi connectivity index (χ2v) is 5.43. The number of hydrogen-bond donors (Lipinski definition) is 3. The Hall–Kier alpha value is -0.940. The number of hydrogen-bond acceptors (Lipinski definition) is 4. The molecule has 0 amide bonds. The summed E-state index contributed by atoms with van der Waals surface area (Å²) in [5.74, 6) is 1.77. The first-order chi connectivity index (χ1) is 8.78. The van der Waals surface area contributed by atoms with Gasteiger partial charge in [-0.15, -0.1) is 0 Å². The molecule has 0 spiro atoms. The molecule has 1 aliphatic carbocycles. The van der Waals surface area contributed by atoms with Crippen LogP contribution in [0.1, 0.15) is 38.5 Å². The van der Waals surface area contributed by atoms with E-state index in [1.165, 1.54) is 25.7 Å². The van der Waals surface area contributed by atoms with Gasteiger partial charge in [0.25, 0.3) is 0 Å². The normalized spacial score (nSPS) is 30.9. The van der Waals surface area contributed by atoms with E-state index in [0.717, 1.165) is 31.1 Å². The Bertz CT molecular complexity index is 319. The van der Waals surface area contributed by atoms with E-state index in [2.05, 4.69) is 15.8 Å². The molecule has 0 saturated heterocycles. The van der Waals surface area contributed by atoms with Crippen LogP contribution < -0.4 is 16.5 Å². The maximum Gasteiger partial charge on any atom is 0.119 e. The molecule has 1 atom stereocenters. The van der Waals surface area contributed by atoms with Gasteiger partial charge in [0.15, 0.2) is 0 Å². The van der Waals surface area contributed by atoms with Gasteiger partial charge in [0.05, 0.1) is 5.54 Å². The lowest BCUT2D eigenvalue weighted by Crippen LogP contribution is -2.52. The number of amidine groups is 1. The molecule has 0 aromatic carbocycles. The molecule has 0 radical (unpaired) electrons. The van der Waals surface area contributed by atoms with Crippen LogP contribution in [0.5, 0.6) is 0 Å². The summed E-state index contributed by atoms with van der Waals surface area (Å²) in [6, 6.07) is 0. The van der Waals surface area contributed by atoms with Crippen molar-refractivity contribution in [2.75, 3.05) is 20.1 Å². The smallest absolute Gasteiger partial charge is 0.119 e. The maximum atomic E-state index is 5.68. The molecule has 18 heavy (non-hydrogen) atoms. The first kappa shape index (κ1) is 13.5. The van der Waals surface area contributed by atoms with Gasteiger partial charge in [-0.3, -0.25) is 10.4 Å². The molecule has 2 aliphatic rings. The molecule has 102 valence electrons. The highest BCUT2D eigenvalue weighted by molar-refractivity contribution is 5.91. The van der Waals surface area contributed by atoms with E-state index in [1.807, 2.05) is 13.3 Å². The Morgan fingerprint density at radius 2 is 2.33 bits per heavy atom. The van der Waals surface area contributed by atoms with Crippen LogP contribution in [0.25, 0.3) is 0 Å². The van der Waals surface area contributed by atoms with Crippen molar-refractivity contribution < 1.29 is 0 Å². The van der Waals surface area contributed by atoms with Gasteiger partial charge in [-0.25, -0.2) is 0 Å². The molecular formula is C13H25N5. The number of nitrogens with two attached hydrogens (primary N) is 1. The van der Waals surface area contributed by atoms with Gasteiger partial charge in [0.2, 0.25) is 0 Å². The number of nitrogens with zero attached hydrogens (tertiary/aromatic N) is 2. The second-order valence-electron chi connectivity index (χ2n) is 5.43. The van der Waals surface area contributed by atoms with Crippen molar-refractivity contribution in [1.82, 2.24) is 10.7 Å². The maximum absolute atomic E-state index is 5.68. The second kappa shape index (κ2) is 6.29. The topological polar surface area (TPSA) is 74.8 Å². The standard InChI is InChI=1S/C13H25N5/c1-15-13(6-7-14)8-12(18-17-10-13)16-9-11-4-2-3-5-11/h10-11,15H,2-9,14H2,1H3,(H,16,18). The SMILES string of the molecule is CNC1(CCN)C=NNC(=NCC2CCCC2)C1. The monoisotopic (exact) mass is 251 g/mol. The van der Waals surface area contributed by atoms with Crippen molar-refractivity contribution in [1.29, 1.82) is 0 Å². The van der Waals surface area contributed by atoms with Crippen LogP contribution in [-0.2, 0) is 0 Å². The van der Waals surface area contributed by atoms with E-state index < -0.39 is 0 Å². The molecule has 5 heteroatoms. The van der Waals surface area contributed by atoms with Gasteiger partial charge in [-0.1, -0.05) is 12.8 Å². The predicted molar refractivity (Wildman–Crippen MR) is 76.0 cm³/mol. The summed E-state index contributed by atoms with van der Waals surface area (Å²) in [7, 11) is 1.96. The van der Waals surface area contributed by atoms with Crippen LogP contribution in [0, 0.1) is 5.92 Å². The lowest BCUT2D eigenvalue weighted by Gasteiger charge is -2.32. The fourth-order valence-corrected chi connectivity index (χ4v) is 2.83. The third kappa shape index (κ3) is 3.29. The molecule has 4 N–H and O–H groups in total. The first-order valence-electron chi connectivity index (χ1n) is 7.00. The van der Waals surface area contributed by atoms with E-state index in [0.29, 0.717) is 6.54 Å². The minimum absolute atomic E-state index is 0.117. The molecule has 1 saturated carbocycles. The predicted octanol–water partition coefficient (Wildman–Crippen LogP) is 0.861. The third-order valence-corrected chi connectivity index (χ3v) is 4.09. The van der Waals surface area contributed by atoms with Crippen LogP contribution in [-0.4, -0.2) is 37.7 Å². The fraction of sp³-hybridized carbons (Fsp3) is 0.846. The summed E-state index contributed by atoms with van der Waals surface area (Å²) < 4.78 is 0. The third-order valence-electron chi connectivity index (χ3n) is 4.09. The van der Waals surface area contributed by atoms with Crippen molar-refractivity contribution in [2.45, 2.75) is 44.1 Å². The van der Waals surface area contributed by atoms with Crippen molar-refractivity contribution in [3.05, 3.63) is 0 Å². The van der Waals surface area contributed by atoms with E-state index >= 15 is 0 Å². The van der Waals surface area contributed by atoms with Crippen LogP contribution in [0.15, 0.2) is 10.1 Å². The molecule has 2 rings (SSSR count). The highest BCUT2D eigenvalue weighted by atomic mass is 15.3. The zero-order chi connectivity index (χ0) is 12.8. The van der Waals surface area contributed by atoms with Crippen molar-refractivity contribution >= 4 is 12.1 Å². The number of rotatable bonds is 5. The van der Waals surface area contributed by atoms with Crippen LogP contribution in [0.3, 0.4) is 0 Å². The van der Waals surface area contributed by atoms with E-state index in [4.69, 9.17) is 10.7 Å². The number of aliphatic imine (C=N–C) groups is 1. The summed E-state index contributed by atoms with van der Waals surface area (Å²) in [4.78, 5) is 4.70. The number of nitrogens with one attached hydrogen (secondary N) is 2. The van der Waals surface area contributed by atoms with Gasteiger partial charge in [0.1, 0.15) is 5.84 Å². The van der Waals surface area contributed by atoms with Gasteiger partial charge in [0, 0.05) is 19.2 Å². The zero-order valence-corrected chi connectivity index (χ0v) is 11.3. The summed E-state index contributed by atoms with van der Waals surface area (Å²) in [5, 5.41) is 7.55. The summed E-state index contributed by atoms with van der Waals surface area (Å²) in [6.07, 6.45) is 9.08. The average molecular weight is 251 g/mol. The first-order valence-corrected chi connectivity index (χ1v) is 7.00. The molecule has 1 heterocycles. The largest absolute Gasteiger partial charge is 0.330 e. The summed E-state index contributed by atoms with van der Waals surface area (Å²) in [6.45, 7) is 1.60. The van der Waals surface area contributed by atoms with Gasteiger partial charge in [-0.05, 0) is 38.8 Å². The zero-order valence-electron chi connectivity index (χ0n) is 11.3. The number of hydrazone groups is 1. The van der Waals surface area contributed by atoms with Crippen LogP contribution in [0.4, 0.5) is 0 Å². The molecule has 0 aromatic heterocycles. The van der Waals surface area contributed by atoms with Crippen molar-refractivity contribution in [3.63, 3.8) is 0 Å². The quantitative estimate of drug-likeness (QED) is 0.678. The average Bonchev–Trinajstić information content (AvgIpc) is 2.90. The van der Waals surface area contributed by atoms with E-state index in [1.54, 1.807) is 0 Å². The molecule has 5 nitrogen and oxygen atoms in total. The van der Waals surface area contributed by atoms with Gasteiger partial charge >= 0.3 is 0 Å². The fourth-order valence-electron chi connectivity index (χ4n) is 2.83. The Kier molecular flexibility index (Phi) is 4.72. The summed E-state index contributed by atoms with van der Waals surface area (Å²) in [5.41, 5.74) is 8.59. The van der Waals surface area contributed by atoms with E-state index in [9.17, 15) is 0 Å². The Balaban J connectivity index is 1.94. The summed E-state index contributed by atoms with van der Waals surface area (Å²) >= 11 is 0. The lowest BCUT2D eigenvalue weighted by molar-refractivity contribution is 0.449. The Morgan fingerprint density at radius 1 is 1.56 bits per heavy atom. The molecule has 0 bridgehead atoms. The van der Waals surface area contributed by atoms with Crippen molar-refractivity contribution in [3.8, 4) is 0 Å². The molecular weight excluding hydrogens is 226 g/mol. The molecule has 1 aliphatic heterocycles. The molecule has 1 fully saturated rings. The molecule has 0 aromatic rings. The Labute approximate surface area is 109 Å². The minimum Gasteiger partial charge on any atom is -0.330 e. The van der Waals surface area contributed by atoms with Gasteiger partial charge in [-0.2, -0.15) is 5.10 Å². The van der Waals surface area contributed by atoms with Crippen molar-refractivity contribution in [2.24, 2.45) is 21.7 Å². The molecule has 1 unspecified atom stereocenters. The van der Waals surface area contributed by atoms with Crippen LogP contribution >= 0.6 is 0 Å². The van der Waals surface area contributed by atoms with E-state index in [-0.39, 0.29) is 5.54 Å². The lowest BCUT2D eigenvalue weighted by atomic mass is 9.91. The minimum atomic E-state index is -0.117. The Morgan fingerprint density at radius 3 is 3.00 bits per heavy atom. The highest BCUT2D eigenvalue weighted by Crippen LogP contribution is 2.25. The van der Waals surface area contributed by atoms with Crippen LogP contribution in [0.2, 0.25) is 0 Å². The highest BCUT2D eigenvalue weighted by Gasteiger charge is 2.30. The van der Waals surface area contributed by atoms with Gasteiger partial charge < -0.3 is 11.1 Å².